The first-order chi connectivity index (χ1) is 9.42. The van der Waals surface area contributed by atoms with Gasteiger partial charge in [-0.1, -0.05) is 6.07 Å². The quantitative estimate of drug-likeness (QED) is 0.781. The average molecular weight is 389 g/mol. The van der Waals surface area contributed by atoms with Crippen LogP contribution in [0.4, 0.5) is 0 Å². The maximum atomic E-state index is 6.02. The minimum atomic E-state index is 0.151. The molecule has 2 atom stereocenters. The van der Waals surface area contributed by atoms with E-state index in [2.05, 4.69) is 54.7 Å². The van der Waals surface area contributed by atoms with E-state index in [-0.39, 0.29) is 11.6 Å². The molecular weight excluding hydrogens is 365 g/mol. The number of benzene rings is 1. The molecule has 0 radical (unpaired) electrons. The lowest BCUT2D eigenvalue weighted by Crippen LogP contribution is -2.41. The maximum absolute atomic E-state index is 6.02. The molecule has 1 aromatic rings. The van der Waals surface area contributed by atoms with Gasteiger partial charge in [0.2, 0.25) is 0 Å². The van der Waals surface area contributed by atoms with Crippen molar-refractivity contribution in [3.63, 3.8) is 0 Å². The van der Waals surface area contributed by atoms with E-state index in [9.17, 15) is 0 Å². The van der Waals surface area contributed by atoms with Gasteiger partial charge in [0.05, 0.1) is 12.2 Å². The third-order valence-electron chi connectivity index (χ3n) is 3.29. The summed E-state index contributed by atoms with van der Waals surface area (Å²) in [4.78, 5) is 0. The van der Waals surface area contributed by atoms with Crippen LogP contribution >= 0.6 is 22.6 Å². The Bertz CT molecular complexity index is 431. The molecular formula is C16H24INO2. The molecule has 4 heteroatoms. The van der Waals surface area contributed by atoms with E-state index in [1.54, 1.807) is 0 Å². The summed E-state index contributed by atoms with van der Waals surface area (Å²) in [7, 11) is 0. The fourth-order valence-corrected chi connectivity index (χ4v) is 2.73. The van der Waals surface area contributed by atoms with Crippen molar-refractivity contribution in [3.8, 4) is 5.75 Å². The van der Waals surface area contributed by atoms with Crippen LogP contribution in [-0.2, 0) is 4.74 Å². The van der Waals surface area contributed by atoms with Crippen molar-refractivity contribution >= 4 is 22.6 Å². The van der Waals surface area contributed by atoms with Crippen molar-refractivity contribution in [2.24, 2.45) is 0 Å². The molecule has 1 fully saturated rings. The largest absolute Gasteiger partial charge is 0.491 e. The van der Waals surface area contributed by atoms with E-state index in [0.717, 1.165) is 25.1 Å². The van der Waals surface area contributed by atoms with Crippen LogP contribution in [0.15, 0.2) is 24.3 Å². The van der Waals surface area contributed by atoms with Gasteiger partial charge >= 0.3 is 0 Å². The lowest BCUT2D eigenvalue weighted by atomic mass is 10.1. The molecule has 20 heavy (non-hydrogen) atoms. The minimum absolute atomic E-state index is 0.151. The molecule has 1 aliphatic rings. The third kappa shape index (κ3) is 5.58. The van der Waals surface area contributed by atoms with Gasteiger partial charge in [-0.2, -0.15) is 0 Å². The Morgan fingerprint density at radius 3 is 2.75 bits per heavy atom. The molecule has 0 aromatic heterocycles. The number of nitrogens with one attached hydrogen (secondary N) is 1. The number of hydrogen-bond acceptors (Lipinski definition) is 3. The van der Waals surface area contributed by atoms with Gasteiger partial charge in [-0.15, -0.1) is 0 Å². The van der Waals surface area contributed by atoms with Crippen LogP contribution in [0.2, 0.25) is 0 Å². The number of hydrogen-bond donors (Lipinski definition) is 1. The van der Waals surface area contributed by atoms with E-state index < -0.39 is 0 Å². The van der Waals surface area contributed by atoms with Gasteiger partial charge < -0.3 is 14.8 Å². The zero-order chi connectivity index (χ0) is 14.6. The smallest absolute Gasteiger partial charge is 0.120 e. The summed E-state index contributed by atoms with van der Waals surface area (Å²) in [6.07, 6.45) is 2.74. The highest BCUT2D eigenvalue weighted by atomic mass is 127. The van der Waals surface area contributed by atoms with Gasteiger partial charge in [0.25, 0.3) is 0 Å². The van der Waals surface area contributed by atoms with Crippen molar-refractivity contribution in [3.05, 3.63) is 27.8 Å². The summed E-state index contributed by atoms with van der Waals surface area (Å²) >= 11 is 2.30. The Hall–Kier alpha value is -0.330. The highest BCUT2D eigenvalue weighted by molar-refractivity contribution is 14.1. The van der Waals surface area contributed by atoms with Gasteiger partial charge in [0.15, 0.2) is 0 Å². The molecule has 3 nitrogen and oxygen atoms in total. The van der Waals surface area contributed by atoms with Crippen LogP contribution in [0, 0.1) is 3.57 Å². The molecule has 1 aromatic carbocycles. The zero-order valence-corrected chi connectivity index (χ0v) is 14.6. The van der Waals surface area contributed by atoms with Crippen molar-refractivity contribution in [2.75, 3.05) is 13.2 Å². The van der Waals surface area contributed by atoms with Crippen LogP contribution in [0.25, 0.3) is 0 Å². The fraction of sp³-hybridized carbons (Fsp3) is 0.625. The molecule has 0 spiro atoms. The van der Waals surface area contributed by atoms with E-state index in [1.807, 2.05) is 18.2 Å². The van der Waals surface area contributed by atoms with Crippen molar-refractivity contribution in [2.45, 2.75) is 51.4 Å². The number of ether oxygens (including phenoxy) is 2. The topological polar surface area (TPSA) is 30.5 Å². The Morgan fingerprint density at radius 2 is 2.05 bits per heavy atom. The molecule has 0 saturated carbocycles. The van der Waals surface area contributed by atoms with E-state index in [0.29, 0.717) is 12.7 Å². The fourth-order valence-electron chi connectivity index (χ4n) is 2.22. The van der Waals surface area contributed by atoms with Crippen LogP contribution in [0.1, 0.15) is 33.6 Å². The Labute approximate surface area is 135 Å². The van der Waals surface area contributed by atoms with Gasteiger partial charge in [0.1, 0.15) is 12.4 Å². The minimum Gasteiger partial charge on any atom is -0.491 e. The van der Waals surface area contributed by atoms with E-state index >= 15 is 0 Å². The SMILES string of the molecule is CC(C)(C)NCC1CCC(COc2cccc(I)c2)O1. The second-order valence-electron chi connectivity index (χ2n) is 6.36. The Kier molecular flexibility index (Phi) is 5.69. The molecule has 0 bridgehead atoms. The Balaban J connectivity index is 1.71. The summed E-state index contributed by atoms with van der Waals surface area (Å²) in [5.74, 6) is 0.928. The standard InChI is InChI=1S/C16H24INO2/c1-16(2,3)18-10-14-7-8-15(20-14)11-19-13-6-4-5-12(17)9-13/h4-6,9,14-15,18H,7-8,10-11H2,1-3H3. The molecule has 1 saturated heterocycles. The predicted molar refractivity (Wildman–Crippen MR) is 90.3 cm³/mol. The molecule has 0 amide bonds. The third-order valence-corrected chi connectivity index (χ3v) is 3.96. The maximum Gasteiger partial charge on any atom is 0.120 e. The van der Waals surface area contributed by atoms with Crippen LogP contribution < -0.4 is 10.1 Å². The highest BCUT2D eigenvalue weighted by Crippen LogP contribution is 2.22. The highest BCUT2D eigenvalue weighted by Gasteiger charge is 2.26. The molecule has 0 aliphatic carbocycles. The van der Waals surface area contributed by atoms with Crippen molar-refractivity contribution in [1.29, 1.82) is 0 Å². The molecule has 1 aliphatic heterocycles. The van der Waals surface area contributed by atoms with E-state index in [1.165, 1.54) is 3.57 Å². The molecule has 112 valence electrons. The Morgan fingerprint density at radius 1 is 1.30 bits per heavy atom. The predicted octanol–water partition coefficient (Wildman–Crippen LogP) is 3.61. The zero-order valence-electron chi connectivity index (χ0n) is 12.5. The first-order valence-corrected chi connectivity index (χ1v) is 8.29. The summed E-state index contributed by atoms with van der Waals surface area (Å²) in [5.41, 5.74) is 0.151. The molecule has 2 unspecified atom stereocenters. The van der Waals surface area contributed by atoms with Crippen LogP contribution in [0.5, 0.6) is 5.75 Å². The first kappa shape index (κ1) is 16.0. The summed E-state index contributed by atoms with van der Waals surface area (Å²) in [6, 6.07) is 8.13. The lowest BCUT2D eigenvalue weighted by Gasteiger charge is -2.23. The van der Waals surface area contributed by atoms with Gasteiger partial charge in [-0.3, -0.25) is 0 Å². The average Bonchev–Trinajstić information content (AvgIpc) is 2.81. The summed E-state index contributed by atoms with van der Waals surface area (Å²) in [5, 5.41) is 3.50. The summed E-state index contributed by atoms with van der Waals surface area (Å²) < 4.78 is 13.0. The van der Waals surface area contributed by atoms with Crippen LogP contribution in [-0.4, -0.2) is 30.9 Å². The second-order valence-corrected chi connectivity index (χ2v) is 7.60. The molecule has 1 N–H and O–H groups in total. The normalized spacial score (nSPS) is 23.0. The summed E-state index contributed by atoms with van der Waals surface area (Å²) in [6.45, 7) is 8.11. The van der Waals surface area contributed by atoms with Gasteiger partial charge in [-0.25, -0.2) is 0 Å². The van der Waals surface area contributed by atoms with E-state index in [4.69, 9.17) is 9.47 Å². The molecule has 1 heterocycles. The molecule has 2 rings (SSSR count). The van der Waals surface area contributed by atoms with Crippen LogP contribution in [0.3, 0.4) is 0 Å². The first-order valence-electron chi connectivity index (χ1n) is 7.21. The van der Waals surface area contributed by atoms with Gasteiger partial charge in [0, 0.05) is 15.7 Å². The van der Waals surface area contributed by atoms with Crippen molar-refractivity contribution in [1.82, 2.24) is 5.32 Å². The number of halogens is 1. The lowest BCUT2D eigenvalue weighted by molar-refractivity contribution is 0.0162. The number of rotatable bonds is 5. The second kappa shape index (κ2) is 7.09. The monoisotopic (exact) mass is 389 g/mol. The van der Waals surface area contributed by atoms with Gasteiger partial charge in [-0.05, 0) is 74.4 Å². The van der Waals surface area contributed by atoms with Crippen molar-refractivity contribution < 1.29 is 9.47 Å².